The molecular formula is C18H24N2O. The van der Waals surface area contributed by atoms with Gasteiger partial charge < -0.3 is 10.1 Å². The maximum atomic E-state index is 6.06. The Morgan fingerprint density at radius 2 is 2.19 bits per heavy atom. The number of aryl methyl sites for hydroxylation is 1. The van der Waals surface area contributed by atoms with Gasteiger partial charge in [0.1, 0.15) is 0 Å². The van der Waals surface area contributed by atoms with Gasteiger partial charge in [0.2, 0.25) is 0 Å². The largest absolute Gasteiger partial charge is 0.373 e. The summed E-state index contributed by atoms with van der Waals surface area (Å²) in [5.74, 6) is 0. The summed E-state index contributed by atoms with van der Waals surface area (Å²) in [7, 11) is 0. The lowest BCUT2D eigenvalue weighted by molar-refractivity contribution is -0.0120. The molecule has 1 fully saturated rings. The quantitative estimate of drug-likeness (QED) is 0.928. The van der Waals surface area contributed by atoms with Crippen LogP contribution in [0.1, 0.15) is 44.0 Å². The van der Waals surface area contributed by atoms with Gasteiger partial charge in [0, 0.05) is 17.7 Å². The maximum Gasteiger partial charge on any atom is 0.0849 e. The Morgan fingerprint density at radius 3 is 2.90 bits per heavy atom. The molecule has 1 N–H and O–H groups in total. The number of hydrogen-bond donors (Lipinski definition) is 1. The summed E-state index contributed by atoms with van der Waals surface area (Å²) in [6.45, 7) is 8.21. The maximum absolute atomic E-state index is 6.06. The van der Waals surface area contributed by atoms with Crippen molar-refractivity contribution >= 4 is 10.9 Å². The lowest BCUT2D eigenvalue weighted by atomic mass is 9.87. The molecule has 3 nitrogen and oxygen atoms in total. The molecule has 1 aromatic heterocycles. The highest BCUT2D eigenvalue weighted by atomic mass is 16.5. The van der Waals surface area contributed by atoms with Gasteiger partial charge in [-0.05, 0) is 57.0 Å². The molecule has 1 aliphatic rings. The molecule has 0 saturated carbocycles. The van der Waals surface area contributed by atoms with E-state index in [1.165, 1.54) is 10.9 Å². The van der Waals surface area contributed by atoms with Gasteiger partial charge in [-0.25, -0.2) is 0 Å². The molecule has 2 unspecified atom stereocenters. The summed E-state index contributed by atoms with van der Waals surface area (Å²) in [6.07, 6.45) is 2.25. The molecule has 0 bridgehead atoms. The van der Waals surface area contributed by atoms with Gasteiger partial charge in [-0.2, -0.15) is 0 Å². The van der Waals surface area contributed by atoms with Crippen molar-refractivity contribution < 1.29 is 4.74 Å². The van der Waals surface area contributed by atoms with Crippen LogP contribution in [0.3, 0.4) is 0 Å². The third-order valence-corrected chi connectivity index (χ3v) is 4.45. The van der Waals surface area contributed by atoms with Crippen molar-refractivity contribution in [2.75, 3.05) is 13.2 Å². The van der Waals surface area contributed by atoms with Gasteiger partial charge in [0.25, 0.3) is 0 Å². The van der Waals surface area contributed by atoms with Crippen LogP contribution >= 0.6 is 0 Å². The molecule has 2 aromatic rings. The van der Waals surface area contributed by atoms with E-state index < -0.39 is 0 Å². The number of likely N-dealkylation sites (N-methyl/N-ethyl adjacent to an activating group) is 1. The number of aromatic nitrogens is 1. The van der Waals surface area contributed by atoms with Crippen molar-refractivity contribution in [1.82, 2.24) is 10.3 Å². The van der Waals surface area contributed by atoms with Crippen molar-refractivity contribution in [1.29, 1.82) is 0 Å². The fourth-order valence-electron chi connectivity index (χ4n) is 3.34. The third kappa shape index (κ3) is 2.81. The van der Waals surface area contributed by atoms with Crippen LogP contribution in [-0.4, -0.2) is 23.7 Å². The number of benzene rings is 1. The Bertz CT molecular complexity index is 632. The van der Waals surface area contributed by atoms with Crippen molar-refractivity contribution in [3.8, 4) is 0 Å². The highest BCUT2D eigenvalue weighted by molar-refractivity contribution is 5.79. The number of hydrogen-bond acceptors (Lipinski definition) is 3. The van der Waals surface area contributed by atoms with E-state index in [1.54, 1.807) is 0 Å². The first-order valence-corrected chi connectivity index (χ1v) is 7.87. The van der Waals surface area contributed by atoms with E-state index in [4.69, 9.17) is 4.74 Å². The Balaban J connectivity index is 2.00. The fourth-order valence-corrected chi connectivity index (χ4v) is 3.34. The summed E-state index contributed by atoms with van der Waals surface area (Å²) < 4.78 is 6.06. The van der Waals surface area contributed by atoms with Crippen molar-refractivity contribution in [3.05, 3.63) is 41.6 Å². The van der Waals surface area contributed by atoms with Gasteiger partial charge >= 0.3 is 0 Å². The topological polar surface area (TPSA) is 34.2 Å². The molecule has 1 aromatic carbocycles. The standard InChI is InChI=1S/C18H24N2O/c1-4-19-17(18(3)10-5-11-21-18)15-8-9-16-14(12-15)7-6-13(2)20-16/h6-9,12,17,19H,4-5,10-11H2,1-3H3. The minimum absolute atomic E-state index is 0.109. The molecule has 0 amide bonds. The normalized spacial score (nSPS) is 23.6. The number of pyridine rings is 1. The SMILES string of the molecule is CCNC(c1ccc2nc(C)ccc2c1)C1(C)CCCO1. The van der Waals surface area contributed by atoms with Gasteiger partial charge in [0.15, 0.2) is 0 Å². The first kappa shape index (κ1) is 14.5. The Morgan fingerprint density at radius 1 is 1.33 bits per heavy atom. The Hall–Kier alpha value is -1.45. The third-order valence-electron chi connectivity index (χ3n) is 4.45. The highest BCUT2D eigenvalue weighted by Crippen LogP contribution is 2.38. The van der Waals surface area contributed by atoms with Crippen LogP contribution in [0.2, 0.25) is 0 Å². The van der Waals surface area contributed by atoms with E-state index in [1.807, 2.05) is 6.92 Å². The molecule has 0 radical (unpaired) electrons. The summed E-state index contributed by atoms with van der Waals surface area (Å²) in [4.78, 5) is 4.59. The van der Waals surface area contributed by atoms with Gasteiger partial charge in [-0.1, -0.05) is 19.1 Å². The molecule has 3 heteroatoms. The number of nitrogens with one attached hydrogen (secondary N) is 1. The van der Waals surface area contributed by atoms with Crippen LogP contribution in [0.15, 0.2) is 30.3 Å². The monoisotopic (exact) mass is 284 g/mol. The summed E-state index contributed by atoms with van der Waals surface area (Å²) in [6, 6.07) is 11.0. The zero-order valence-electron chi connectivity index (χ0n) is 13.1. The molecule has 2 atom stereocenters. The molecular weight excluding hydrogens is 260 g/mol. The first-order valence-electron chi connectivity index (χ1n) is 7.87. The predicted molar refractivity (Wildman–Crippen MR) is 86.5 cm³/mol. The summed E-state index contributed by atoms with van der Waals surface area (Å²) in [5, 5.41) is 4.81. The van der Waals surface area contributed by atoms with E-state index in [0.29, 0.717) is 0 Å². The minimum atomic E-state index is -0.109. The fraction of sp³-hybridized carbons (Fsp3) is 0.500. The van der Waals surface area contributed by atoms with Crippen LogP contribution in [0, 0.1) is 6.92 Å². The zero-order valence-corrected chi connectivity index (χ0v) is 13.1. The zero-order chi connectivity index (χ0) is 14.9. The van der Waals surface area contributed by atoms with E-state index in [2.05, 4.69) is 54.5 Å². The number of nitrogens with zero attached hydrogens (tertiary/aromatic N) is 1. The average molecular weight is 284 g/mol. The molecule has 0 aliphatic carbocycles. The van der Waals surface area contributed by atoms with E-state index in [-0.39, 0.29) is 11.6 Å². The Kier molecular flexibility index (Phi) is 3.96. The summed E-state index contributed by atoms with van der Waals surface area (Å²) >= 11 is 0. The van der Waals surface area contributed by atoms with E-state index >= 15 is 0 Å². The van der Waals surface area contributed by atoms with Gasteiger partial charge in [-0.15, -0.1) is 0 Å². The number of ether oxygens (including phenoxy) is 1. The molecule has 0 spiro atoms. The minimum Gasteiger partial charge on any atom is -0.373 e. The molecule has 1 aliphatic heterocycles. The molecule has 112 valence electrons. The van der Waals surface area contributed by atoms with E-state index in [9.17, 15) is 0 Å². The lowest BCUT2D eigenvalue weighted by Gasteiger charge is -2.34. The summed E-state index contributed by atoms with van der Waals surface area (Å²) in [5.41, 5.74) is 3.30. The van der Waals surface area contributed by atoms with Crippen LogP contribution in [0.5, 0.6) is 0 Å². The van der Waals surface area contributed by atoms with Crippen LogP contribution in [0.4, 0.5) is 0 Å². The molecule has 1 saturated heterocycles. The highest BCUT2D eigenvalue weighted by Gasteiger charge is 2.38. The van der Waals surface area contributed by atoms with Crippen LogP contribution in [-0.2, 0) is 4.74 Å². The van der Waals surface area contributed by atoms with Gasteiger partial charge in [-0.3, -0.25) is 4.98 Å². The second kappa shape index (κ2) is 5.74. The second-order valence-corrected chi connectivity index (χ2v) is 6.16. The van der Waals surface area contributed by atoms with Crippen molar-refractivity contribution in [3.63, 3.8) is 0 Å². The molecule has 21 heavy (non-hydrogen) atoms. The Labute approximate surface area is 126 Å². The van der Waals surface area contributed by atoms with Crippen LogP contribution in [0.25, 0.3) is 10.9 Å². The number of fused-ring (bicyclic) bond motifs is 1. The average Bonchev–Trinajstić information content (AvgIpc) is 2.92. The lowest BCUT2D eigenvalue weighted by Crippen LogP contribution is -2.41. The molecule has 3 rings (SSSR count). The smallest absolute Gasteiger partial charge is 0.0849 e. The number of rotatable bonds is 4. The van der Waals surface area contributed by atoms with Gasteiger partial charge in [0.05, 0.1) is 17.2 Å². The van der Waals surface area contributed by atoms with Crippen molar-refractivity contribution in [2.24, 2.45) is 0 Å². The van der Waals surface area contributed by atoms with Crippen LogP contribution < -0.4 is 5.32 Å². The molecule has 2 heterocycles. The van der Waals surface area contributed by atoms with E-state index in [0.717, 1.165) is 37.2 Å². The predicted octanol–water partition coefficient (Wildman–Crippen LogP) is 3.76. The first-order chi connectivity index (χ1) is 10.1. The second-order valence-electron chi connectivity index (χ2n) is 6.16. The van der Waals surface area contributed by atoms with Crippen molar-refractivity contribution in [2.45, 2.75) is 45.3 Å².